The van der Waals surface area contributed by atoms with Crippen molar-refractivity contribution in [1.82, 2.24) is 9.78 Å². The fourth-order valence-electron chi connectivity index (χ4n) is 2.09. The van der Waals surface area contributed by atoms with Crippen LogP contribution in [0.4, 0.5) is 0 Å². The van der Waals surface area contributed by atoms with Gasteiger partial charge in [0.1, 0.15) is 11.8 Å². The lowest BCUT2D eigenvalue weighted by Crippen LogP contribution is -2.23. The lowest BCUT2D eigenvalue weighted by Gasteiger charge is -2.03. The van der Waals surface area contributed by atoms with Crippen molar-refractivity contribution in [1.29, 1.82) is 10.5 Å². The highest BCUT2D eigenvalue weighted by atomic mass is 16.5. The van der Waals surface area contributed by atoms with Crippen molar-refractivity contribution < 1.29 is 14.6 Å². The van der Waals surface area contributed by atoms with Crippen LogP contribution < -0.4 is 9.84 Å². The zero-order chi connectivity index (χ0) is 17.5. The third-order valence-corrected chi connectivity index (χ3v) is 3.25. The summed E-state index contributed by atoms with van der Waals surface area (Å²) in [5, 5.41) is 32.9. The van der Waals surface area contributed by atoms with Gasteiger partial charge in [-0.1, -0.05) is 0 Å². The second-order valence-corrected chi connectivity index (χ2v) is 4.79. The van der Waals surface area contributed by atoms with Crippen LogP contribution in [0.2, 0.25) is 0 Å². The van der Waals surface area contributed by atoms with Gasteiger partial charge in [0.2, 0.25) is 0 Å². The van der Waals surface area contributed by atoms with Crippen molar-refractivity contribution in [2.24, 2.45) is 0 Å². The molecule has 7 heteroatoms. The summed E-state index contributed by atoms with van der Waals surface area (Å²) in [4.78, 5) is 11.0. The Labute approximate surface area is 138 Å². The van der Waals surface area contributed by atoms with Crippen LogP contribution >= 0.6 is 0 Å². The molecule has 0 spiro atoms. The number of rotatable bonds is 6. The Bertz CT molecular complexity index is 851. The first-order valence-corrected chi connectivity index (χ1v) is 7.01. The Hall–Kier alpha value is -3.58. The van der Waals surface area contributed by atoms with Gasteiger partial charge in [0.05, 0.1) is 43.4 Å². The van der Waals surface area contributed by atoms with Crippen LogP contribution in [0.15, 0.2) is 36.0 Å². The standard InChI is InChI=1S/C17H14N4O3/c1-24-15-5-3-12(4-6-15)16-14(9-13(10-19)17(22)23)11-21(20-16)8-2-7-18/h3-6,9,11H,2,8H2,1H3,(H,22,23)/p-1/b13-9+. The van der Waals surface area contributed by atoms with Crippen LogP contribution in [0, 0.1) is 22.7 Å². The molecular formula is C17H13N4O3-. The number of carboxylic acids is 1. The first kappa shape index (κ1) is 16.8. The molecule has 0 amide bonds. The van der Waals surface area contributed by atoms with Gasteiger partial charge in [-0.15, -0.1) is 0 Å². The number of ether oxygens (including phenoxy) is 1. The number of carbonyl (C=O) groups excluding carboxylic acids is 1. The molecule has 1 aromatic carbocycles. The van der Waals surface area contributed by atoms with Gasteiger partial charge in [-0.3, -0.25) is 4.68 Å². The molecule has 2 aromatic rings. The van der Waals surface area contributed by atoms with E-state index >= 15 is 0 Å². The molecular weight excluding hydrogens is 308 g/mol. The number of hydrogen-bond acceptors (Lipinski definition) is 6. The second-order valence-electron chi connectivity index (χ2n) is 4.79. The maximum atomic E-state index is 11.0. The summed E-state index contributed by atoms with van der Waals surface area (Å²) in [5.74, 6) is -0.879. The number of nitrogens with zero attached hydrogens (tertiary/aromatic N) is 4. The van der Waals surface area contributed by atoms with Crippen molar-refractivity contribution in [3.05, 3.63) is 41.6 Å². The van der Waals surface area contributed by atoms with Crippen LogP contribution in [0.1, 0.15) is 12.0 Å². The molecule has 0 saturated carbocycles. The topological polar surface area (TPSA) is 115 Å². The summed E-state index contributed by atoms with van der Waals surface area (Å²) < 4.78 is 6.64. The lowest BCUT2D eigenvalue weighted by atomic mass is 10.1. The van der Waals surface area contributed by atoms with Gasteiger partial charge in [-0.25, -0.2) is 0 Å². The van der Waals surface area contributed by atoms with Crippen molar-refractivity contribution in [3.63, 3.8) is 0 Å². The molecule has 0 unspecified atom stereocenters. The van der Waals surface area contributed by atoms with Crippen LogP contribution in [0.3, 0.4) is 0 Å². The summed E-state index contributed by atoms with van der Waals surface area (Å²) >= 11 is 0. The molecule has 7 nitrogen and oxygen atoms in total. The van der Waals surface area contributed by atoms with E-state index in [1.54, 1.807) is 48.3 Å². The van der Waals surface area contributed by atoms with E-state index in [0.29, 0.717) is 23.6 Å². The van der Waals surface area contributed by atoms with Crippen molar-refractivity contribution in [3.8, 4) is 29.1 Å². The number of aryl methyl sites for hydroxylation is 1. The molecule has 0 aliphatic carbocycles. The van der Waals surface area contributed by atoms with E-state index in [2.05, 4.69) is 5.10 Å². The summed E-state index contributed by atoms with van der Waals surface area (Å²) in [6.45, 7) is 0.362. The number of hydrogen-bond donors (Lipinski definition) is 0. The number of aliphatic carboxylic acids is 1. The first-order valence-electron chi connectivity index (χ1n) is 7.01. The van der Waals surface area contributed by atoms with E-state index in [1.807, 2.05) is 6.07 Å². The average molecular weight is 321 g/mol. The van der Waals surface area contributed by atoms with E-state index in [9.17, 15) is 9.90 Å². The third-order valence-electron chi connectivity index (χ3n) is 3.25. The minimum atomic E-state index is -1.55. The van der Waals surface area contributed by atoms with Gasteiger partial charge in [0, 0.05) is 17.3 Å². The minimum absolute atomic E-state index is 0.262. The largest absolute Gasteiger partial charge is 0.544 e. The van der Waals surface area contributed by atoms with Gasteiger partial charge in [0.25, 0.3) is 0 Å². The average Bonchev–Trinajstić information content (AvgIpc) is 3.00. The maximum Gasteiger partial charge on any atom is 0.118 e. The number of methoxy groups -OCH3 is 1. The molecule has 0 radical (unpaired) electrons. The molecule has 120 valence electrons. The number of benzene rings is 1. The number of carboxylic acid groups (broad SMARTS) is 1. The van der Waals surface area contributed by atoms with E-state index in [4.69, 9.17) is 15.3 Å². The highest BCUT2D eigenvalue weighted by Crippen LogP contribution is 2.26. The van der Waals surface area contributed by atoms with Crippen molar-refractivity contribution in [2.75, 3.05) is 7.11 Å². The smallest absolute Gasteiger partial charge is 0.118 e. The Kier molecular flexibility index (Phi) is 5.32. The monoisotopic (exact) mass is 321 g/mol. The molecule has 0 bridgehead atoms. The fourth-order valence-corrected chi connectivity index (χ4v) is 2.09. The van der Waals surface area contributed by atoms with Crippen LogP contribution in [-0.2, 0) is 11.3 Å². The van der Waals surface area contributed by atoms with Crippen molar-refractivity contribution >= 4 is 12.0 Å². The van der Waals surface area contributed by atoms with Gasteiger partial charge in [-0.05, 0) is 30.3 Å². The van der Waals surface area contributed by atoms with Gasteiger partial charge in [0.15, 0.2) is 0 Å². The predicted molar refractivity (Wildman–Crippen MR) is 83.0 cm³/mol. The highest BCUT2D eigenvalue weighted by Gasteiger charge is 2.11. The van der Waals surface area contributed by atoms with Gasteiger partial charge >= 0.3 is 0 Å². The normalized spacial score (nSPS) is 10.7. The molecule has 1 heterocycles. The predicted octanol–water partition coefficient (Wildman–Crippen LogP) is 1.13. The second kappa shape index (κ2) is 7.61. The Morgan fingerprint density at radius 3 is 2.62 bits per heavy atom. The van der Waals surface area contributed by atoms with E-state index in [1.165, 1.54) is 6.08 Å². The molecule has 0 aliphatic rings. The molecule has 24 heavy (non-hydrogen) atoms. The van der Waals surface area contributed by atoms with E-state index in [-0.39, 0.29) is 6.42 Å². The number of carbonyl (C=O) groups is 1. The first-order chi connectivity index (χ1) is 11.6. The van der Waals surface area contributed by atoms with Crippen molar-refractivity contribution in [2.45, 2.75) is 13.0 Å². The van der Waals surface area contributed by atoms with Gasteiger partial charge in [-0.2, -0.15) is 15.6 Å². The van der Waals surface area contributed by atoms with E-state index < -0.39 is 11.5 Å². The van der Waals surface area contributed by atoms with Crippen LogP contribution in [0.25, 0.3) is 17.3 Å². The van der Waals surface area contributed by atoms with E-state index in [0.717, 1.165) is 5.56 Å². The molecule has 2 rings (SSSR count). The zero-order valence-electron chi connectivity index (χ0n) is 12.9. The van der Waals surface area contributed by atoms with Gasteiger partial charge < -0.3 is 14.6 Å². The molecule has 0 fully saturated rings. The highest BCUT2D eigenvalue weighted by molar-refractivity contribution is 5.96. The quantitative estimate of drug-likeness (QED) is 0.582. The Balaban J connectivity index is 2.51. The Morgan fingerprint density at radius 2 is 2.08 bits per heavy atom. The fraction of sp³-hybridized carbons (Fsp3) is 0.176. The molecule has 1 aromatic heterocycles. The Morgan fingerprint density at radius 1 is 1.38 bits per heavy atom. The molecule has 0 N–H and O–H groups in total. The molecule has 0 atom stereocenters. The molecule has 0 saturated heterocycles. The lowest BCUT2D eigenvalue weighted by molar-refractivity contribution is -0.298. The zero-order valence-corrected chi connectivity index (χ0v) is 12.9. The summed E-state index contributed by atoms with van der Waals surface area (Å²) in [6.07, 6.45) is 3.07. The summed E-state index contributed by atoms with van der Waals surface area (Å²) in [7, 11) is 1.55. The number of nitriles is 2. The summed E-state index contributed by atoms with van der Waals surface area (Å²) in [5.41, 5.74) is 1.20. The van der Waals surface area contributed by atoms with Crippen LogP contribution in [0.5, 0.6) is 5.75 Å². The maximum absolute atomic E-state index is 11.0. The summed E-state index contributed by atoms with van der Waals surface area (Å²) in [6, 6.07) is 10.7. The molecule has 0 aliphatic heterocycles. The SMILES string of the molecule is COc1ccc(-c2nn(CCC#N)cc2/C=C(\C#N)C(=O)[O-])cc1. The minimum Gasteiger partial charge on any atom is -0.544 e. The third kappa shape index (κ3) is 3.79. The number of aromatic nitrogens is 2. The van der Waals surface area contributed by atoms with Crippen LogP contribution in [-0.4, -0.2) is 22.9 Å².